The van der Waals surface area contributed by atoms with Gasteiger partial charge in [-0.25, -0.2) is 13.1 Å². The van der Waals surface area contributed by atoms with Gasteiger partial charge in [-0.15, -0.1) is 0 Å². The van der Waals surface area contributed by atoms with Gasteiger partial charge in [0.25, 0.3) is 0 Å². The van der Waals surface area contributed by atoms with E-state index in [2.05, 4.69) is 14.8 Å². The van der Waals surface area contributed by atoms with Crippen molar-refractivity contribution in [3.63, 3.8) is 0 Å². The molecule has 0 bridgehead atoms. The third kappa shape index (κ3) is 7.29. The highest BCUT2D eigenvalue weighted by atomic mass is 32.2. The zero-order chi connectivity index (χ0) is 11.9. The Morgan fingerprint density at radius 1 is 1.40 bits per heavy atom. The van der Waals surface area contributed by atoms with E-state index in [1.54, 1.807) is 7.05 Å². The molecule has 90 valence electrons. The maximum Gasteiger partial charge on any atom is 0.322 e. The van der Waals surface area contributed by atoms with Crippen molar-refractivity contribution in [2.75, 3.05) is 33.0 Å². The molecule has 0 aliphatic heterocycles. The number of methoxy groups -OCH3 is 1. The lowest BCUT2D eigenvalue weighted by atomic mass is 10.2. The molecule has 0 amide bonds. The number of carbonyl (C=O) groups is 1. The fourth-order valence-corrected chi connectivity index (χ4v) is 2.02. The highest BCUT2D eigenvalue weighted by molar-refractivity contribution is 7.90. The quantitative estimate of drug-likeness (QED) is 0.552. The summed E-state index contributed by atoms with van der Waals surface area (Å²) in [6, 6.07) is 0. The van der Waals surface area contributed by atoms with E-state index in [1.165, 1.54) is 0 Å². The molecule has 15 heavy (non-hydrogen) atoms. The van der Waals surface area contributed by atoms with Crippen molar-refractivity contribution in [1.29, 1.82) is 0 Å². The Kier molecular flexibility index (Phi) is 6.46. The number of carbonyl (C=O) groups excluding carboxylic acids is 1. The fraction of sp³-hybridized carbons (Fsp3) is 0.875. The van der Waals surface area contributed by atoms with E-state index >= 15 is 0 Å². The third-order valence-corrected chi connectivity index (χ3v) is 2.96. The minimum atomic E-state index is -3.56. The normalized spacial score (nSPS) is 13.5. The maximum atomic E-state index is 11.3. The molecule has 1 atom stereocenters. The number of ether oxygens (including phenoxy) is 1. The first-order valence-corrected chi connectivity index (χ1v) is 6.25. The van der Waals surface area contributed by atoms with Crippen molar-refractivity contribution in [3.05, 3.63) is 0 Å². The molecule has 0 saturated carbocycles. The SMILES string of the molecule is CNCC(C)CNS(=O)(=O)CC(=O)OC. The Hall–Kier alpha value is -0.660. The number of hydrogen-bond acceptors (Lipinski definition) is 5. The maximum absolute atomic E-state index is 11.3. The summed E-state index contributed by atoms with van der Waals surface area (Å²) in [7, 11) is -0.613. The van der Waals surface area contributed by atoms with Crippen molar-refractivity contribution in [2.45, 2.75) is 6.92 Å². The topological polar surface area (TPSA) is 84.5 Å². The molecule has 7 heteroatoms. The van der Waals surface area contributed by atoms with E-state index in [9.17, 15) is 13.2 Å². The molecule has 0 rings (SSSR count). The lowest BCUT2D eigenvalue weighted by molar-refractivity contribution is -0.137. The molecule has 0 radical (unpaired) electrons. The number of rotatable bonds is 7. The first-order chi connectivity index (χ1) is 6.91. The lowest BCUT2D eigenvalue weighted by Gasteiger charge is -2.11. The highest BCUT2D eigenvalue weighted by Crippen LogP contribution is 1.93. The second-order valence-electron chi connectivity index (χ2n) is 3.35. The number of sulfonamides is 1. The van der Waals surface area contributed by atoms with Crippen LogP contribution in [0.15, 0.2) is 0 Å². The smallest absolute Gasteiger partial charge is 0.322 e. The summed E-state index contributed by atoms with van der Waals surface area (Å²) in [5, 5.41) is 2.93. The van der Waals surface area contributed by atoms with Crippen LogP contribution in [0, 0.1) is 5.92 Å². The van der Waals surface area contributed by atoms with Gasteiger partial charge in [0.05, 0.1) is 7.11 Å². The van der Waals surface area contributed by atoms with Crippen molar-refractivity contribution in [2.24, 2.45) is 5.92 Å². The van der Waals surface area contributed by atoms with Crippen LogP contribution < -0.4 is 10.0 Å². The Balaban J connectivity index is 3.99. The summed E-state index contributed by atoms with van der Waals surface area (Å²) in [6.45, 7) is 2.91. The fourth-order valence-electron chi connectivity index (χ4n) is 0.955. The molecule has 0 aromatic rings. The van der Waals surface area contributed by atoms with Crippen LogP contribution in [0.3, 0.4) is 0 Å². The number of nitrogens with one attached hydrogen (secondary N) is 2. The van der Waals surface area contributed by atoms with Gasteiger partial charge >= 0.3 is 5.97 Å². The molecule has 6 nitrogen and oxygen atoms in total. The van der Waals surface area contributed by atoms with Gasteiger partial charge < -0.3 is 10.1 Å². The van der Waals surface area contributed by atoms with Gasteiger partial charge in [-0.3, -0.25) is 4.79 Å². The van der Waals surface area contributed by atoms with E-state index in [1.807, 2.05) is 6.92 Å². The minimum Gasteiger partial charge on any atom is -0.468 e. The van der Waals surface area contributed by atoms with Crippen molar-refractivity contribution >= 4 is 16.0 Å². The van der Waals surface area contributed by atoms with Gasteiger partial charge in [0.1, 0.15) is 0 Å². The van der Waals surface area contributed by atoms with Crippen LogP contribution >= 0.6 is 0 Å². The largest absolute Gasteiger partial charge is 0.468 e. The molecule has 0 heterocycles. The second kappa shape index (κ2) is 6.76. The first kappa shape index (κ1) is 14.3. The van der Waals surface area contributed by atoms with Crippen LogP contribution in [-0.4, -0.2) is 47.4 Å². The average Bonchev–Trinajstić information content (AvgIpc) is 2.15. The van der Waals surface area contributed by atoms with Crippen LogP contribution in [0.2, 0.25) is 0 Å². The molecule has 0 saturated heterocycles. The van der Waals surface area contributed by atoms with E-state index in [0.29, 0.717) is 13.1 Å². The van der Waals surface area contributed by atoms with E-state index in [0.717, 1.165) is 7.11 Å². The second-order valence-corrected chi connectivity index (χ2v) is 5.15. The Labute approximate surface area is 90.4 Å². The molecule has 0 aliphatic rings. The number of esters is 1. The molecule has 2 N–H and O–H groups in total. The van der Waals surface area contributed by atoms with Gasteiger partial charge in [-0.05, 0) is 19.5 Å². The van der Waals surface area contributed by atoms with Crippen LogP contribution in [0.25, 0.3) is 0 Å². The molecular weight excluding hydrogens is 220 g/mol. The van der Waals surface area contributed by atoms with E-state index < -0.39 is 21.7 Å². The zero-order valence-electron chi connectivity index (χ0n) is 9.24. The monoisotopic (exact) mass is 238 g/mol. The molecular formula is C8H18N2O4S. The molecule has 0 aromatic carbocycles. The van der Waals surface area contributed by atoms with E-state index in [4.69, 9.17) is 0 Å². The summed E-state index contributed by atoms with van der Waals surface area (Å²) in [6.07, 6.45) is 0. The van der Waals surface area contributed by atoms with E-state index in [-0.39, 0.29) is 5.92 Å². The summed E-state index contributed by atoms with van der Waals surface area (Å²) in [5.41, 5.74) is 0. The average molecular weight is 238 g/mol. The van der Waals surface area contributed by atoms with Gasteiger partial charge in [0.2, 0.25) is 10.0 Å². The molecule has 0 spiro atoms. The predicted octanol–water partition coefficient (Wildman–Crippen LogP) is -1.07. The Morgan fingerprint density at radius 2 is 2.00 bits per heavy atom. The molecule has 0 fully saturated rings. The molecule has 1 unspecified atom stereocenters. The Morgan fingerprint density at radius 3 is 2.47 bits per heavy atom. The van der Waals surface area contributed by atoms with Crippen molar-refractivity contribution in [3.8, 4) is 0 Å². The van der Waals surface area contributed by atoms with Gasteiger partial charge in [-0.2, -0.15) is 0 Å². The van der Waals surface area contributed by atoms with Gasteiger partial charge in [-0.1, -0.05) is 6.92 Å². The first-order valence-electron chi connectivity index (χ1n) is 4.60. The standard InChI is InChI=1S/C8H18N2O4S/c1-7(4-9-2)5-10-15(12,13)6-8(11)14-3/h7,9-10H,4-6H2,1-3H3. The number of hydrogen-bond donors (Lipinski definition) is 2. The van der Waals surface area contributed by atoms with Crippen LogP contribution in [0.1, 0.15) is 6.92 Å². The minimum absolute atomic E-state index is 0.169. The Bertz CT molecular complexity index is 289. The van der Waals surface area contributed by atoms with Gasteiger partial charge in [0, 0.05) is 6.54 Å². The van der Waals surface area contributed by atoms with Crippen LogP contribution in [-0.2, 0) is 19.6 Å². The highest BCUT2D eigenvalue weighted by Gasteiger charge is 2.17. The summed E-state index contributed by atoms with van der Waals surface area (Å²) >= 11 is 0. The summed E-state index contributed by atoms with van der Waals surface area (Å²) < 4.78 is 29.2. The van der Waals surface area contributed by atoms with Gasteiger partial charge in [0.15, 0.2) is 5.75 Å². The molecule has 0 aliphatic carbocycles. The summed E-state index contributed by atoms with van der Waals surface area (Å²) in [5.74, 6) is -1.22. The zero-order valence-corrected chi connectivity index (χ0v) is 10.1. The predicted molar refractivity (Wildman–Crippen MR) is 56.9 cm³/mol. The van der Waals surface area contributed by atoms with Crippen LogP contribution in [0.4, 0.5) is 0 Å². The van der Waals surface area contributed by atoms with Crippen molar-refractivity contribution < 1.29 is 17.9 Å². The summed E-state index contributed by atoms with van der Waals surface area (Å²) in [4.78, 5) is 10.7. The third-order valence-electron chi connectivity index (χ3n) is 1.74. The molecule has 0 aromatic heterocycles. The van der Waals surface area contributed by atoms with Crippen LogP contribution in [0.5, 0.6) is 0 Å². The lowest BCUT2D eigenvalue weighted by Crippen LogP contribution is -2.35. The van der Waals surface area contributed by atoms with Crippen molar-refractivity contribution in [1.82, 2.24) is 10.0 Å².